The van der Waals surface area contributed by atoms with Gasteiger partial charge in [0, 0.05) is 6.54 Å². The molecule has 1 aromatic heterocycles. The number of aliphatic carboxylic acids is 1. The number of aromatic amines is 1. The number of fused-ring (bicyclic) bond motifs is 1. The molecule has 1 aliphatic rings. The zero-order valence-electron chi connectivity index (χ0n) is 11.7. The van der Waals surface area contributed by atoms with Crippen LogP contribution in [0.2, 0.25) is 0 Å². The highest BCUT2D eigenvalue weighted by Gasteiger charge is 2.33. The summed E-state index contributed by atoms with van der Waals surface area (Å²) in [4.78, 5) is 39.5. The van der Waals surface area contributed by atoms with Gasteiger partial charge in [-0.05, 0) is 12.1 Å². The molecule has 0 radical (unpaired) electrons. The Labute approximate surface area is 124 Å². The molecule has 1 aromatic carbocycles. The molecule has 0 bridgehead atoms. The summed E-state index contributed by atoms with van der Waals surface area (Å²) < 4.78 is 6.42. The van der Waals surface area contributed by atoms with Gasteiger partial charge in [-0.25, -0.2) is 9.59 Å². The second-order valence-electron chi connectivity index (χ2n) is 5.05. The van der Waals surface area contributed by atoms with Gasteiger partial charge in [-0.2, -0.15) is 0 Å². The third-order valence-corrected chi connectivity index (χ3v) is 3.71. The fraction of sp³-hybridized carbons (Fsp3) is 0.357. The zero-order valence-corrected chi connectivity index (χ0v) is 11.7. The monoisotopic (exact) mass is 305 g/mol. The maximum atomic E-state index is 12.4. The fourth-order valence-electron chi connectivity index (χ4n) is 2.60. The molecule has 0 saturated carbocycles. The number of H-pyrrole nitrogens is 1. The molecule has 2 N–H and O–H groups in total. The van der Waals surface area contributed by atoms with Crippen LogP contribution in [0.3, 0.4) is 0 Å². The van der Waals surface area contributed by atoms with E-state index in [9.17, 15) is 14.4 Å². The third kappa shape index (κ3) is 2.48. The van der Waals surface area contributed by atoms with Crippen molar-refractivity contribution in [3.05, 3.63) is 34.7 Å². The van der Waals surface area contributed by atoms with E-state index in [1.165, 1.54) is 9.47 Å². The molecule has 2 aromatic rings. The average Bonchev–Trinajstić information content (AvgIpc) is 2.83. The average molecular weight is 305 g/mol. The number of nitrogens with zero attached hydrogens (tertiary/aromatic N) is 2. The minimum absolute atomic E-state index is 0.0378. The molecule has 0 spiro atoms. The first-order chi connectivity index (χ1) is 10.6. The summed E-state index contributed by atoms with van der Waals surface area (Å²) in [5.41, 5.74) is 0.854. The Hall–Kier alpha value is -2.61. The number of aromatic nitrogens is 2. The largest absolute Gasteiger partial charge is 0.480 e. The lowest BCUT2D eigenvalue weighted by Crippen LogP contribution is -2.53. The molecular weight excluding hydrogens is 290 g/mol. The summed E-state index contributed by atoms with van der Waals surface area (Å²) in [7, 11) is 0. The topological polar surface area (TPSA) is 105 Å². The Morgan fingerprint density at radius 1 is 1.36 bits per heavy atom. The van der Waals surface area contributed by atoms with Crippen molar-refractivity contribution in [1.29, 1.82) is 0 Å². The van der Waals surface area contributed by atoms with Crippen molar-refractivity contribution in [2.24, 2.45) is 0 Å². The SMILES string of the molecule is O=C(O)C1COCCN1C(=O)Cn1c(=O)[nH]c2ccccc21. The van der Waals surface area contributed by atoms with Gasteiger partial charge in [-0.1, -0.05) is 12.1 Å². The first-order valence-corrected chi connectivity index (χ1v) is 6.85. The number of carbonyl (C=O) groups excluding carboxylic acids is 1. The number of imidazole rings is 1. The molecule has 116 valence electrons. The van der Waals surface area contributed by atoms with Crippen LogP contribution in [-0.4, -0.2) is 57.2 Å². The number of carboxylic acids is 1. The number of hydrogen-bond donors (Lipinski definition) is 2. The minimum Gasteiger partial charge on any atom is -0.480 e. The maximum Gasteiger partial charge on any atom is 0.328 e. The van der Waals surface area contributed by atoms with E-state index in [1.54, 1.807) is 24.3 Å². The summed E-state index contributed by atoms with van der Waals surface area (Å²) in [5, 5.41) is 9.16. The second-order valence-corrected chi connectivity index (χ2v) is 5.05. The number of ether oxygens (including phenoxy) is 1. The van der Waals surface area contributed by atoms with Crippen LogP contribution in [0.1, 0.15) is 0 Å². The van der Waals surface area contributed by atoms with Gasteiger partial charge >= 0.3 is 11.7 Å². The van der Waals surface area contributed by atoms with Crippen molar-refractivity contribution in [2.75, 3.05) is 19.8 Å². The zero-order chi connectivity index (χ0) is 15.7. The van der Waals surface area contributed by atoms with E-state index in [4.69, 9.17) is 9.84 Å². The van der Waals surface area contributed by atoms with Crippen LogP contribution in [0.4, 0.5) is 0 Å². The van der Waals surface area contributed by atoms with Crippen molar-refractivity contribution in [3.8, 4) is 0 Å². The summed E-state index contributed by atoms with van der Waals surface area (Å²) in [5.74, 6) is -1.53. The van der Waals surface area contributed by atoms with E-state index in [0.717, 1.165) is 0 Å². The van der Waals surface area contributed by atoms with Gasteiger partial charge in [0.25, 0.3) is 0 Å². The summed E-state index contributed by atoms with van der Waals surface area (Å²) in [6.45, 7) is 0.252. The van der Waals surface area contributed by atoms with Crippen LogP contribution in [0.15, 0.2) is 29.1 Å². The Morgan fingerprint density at radius 2 is 2.14 bits per heavy atom. The van der Waals surface area contributed by atoms with Crippen molar-refractivity contribution in [3.63, 3.8) is 0 Å². The molecule has 2 heterocycles. The lowest BCUT2D eigenvalue weighted by Gasteiger charge is -2.32. The molecule has 1 saturated heterocycles. The molecule has 1 aliphatic heterocycles. The number of amides is 1. The van der Waals surface area contributed by atoms with Crippen LogP contribution < -0.4 is 5.69 Å². The Balaban J connectivity index is 1.88. The third-order valence-electron chi connectivity index (χ3n) is 3.71. The van der Waals surface area contributed by atoms with Crippen molar-refractivity contribution < 1.29 is 19.4 Å². The lowest BCUT2D eigenvalue weighted by atomic mass is 10.2. The van der Waals surface area contributed by atoms with Gasteiger partial charge in [-0.3, -0.25) is 9.36 Å². The van der Waals surface area contributed by atoms with Gasteiger partial charge in [0.05, 0.1) is 24.2 Å². The molecule has 1 atom stereocenters. The summed E-state index contributed by atoms with van der Waals surface area (Å²) in [6, 6.07) is 6.02. The van der Waals surface area contributed by atoms with Gasteiger partial charge in [0.15, 0.2) is 6.04 Å². The van der Waals surface area contributed by atoms with Crippen molar-refractivity contribution in [2.45, 2.75) is 12.6 Å². The molecule has 8 nitrogen and oxygen atoms in total. The van der Waals surface area contributed by atoms with Crippen molar-refractivity contribution >= 4 is 22.9 Å². The molecule has 3 rings (SSSR count). The van der Waals surface area contributed by atoms with Crippen LogP contribution in [0.5, 0.6) is 0 Å². The van der Waals surface area contributed by atoms with Crippen LogP contribution in [0, 0.1) is 0 Å². The Kier molecular flexibility index (Phi) is 3.68. The first kappa shape index (κ1) is 14.3. The van der Waals surface area contributed by atoms with E-state index >= 15 is 0 Å². The number of morpholine rings is 1. The second kappa shape index (κ2) is 5.64. The van der Waals surface area contributed by atoms with E-state index in [-0.39, 0.29) is 26.3 Å². The maximum absolute atomic E-state index is 12.4. The standard InChI is InChI=1S/C14H15N3O5/c18-12(16-5-6-22-8-11(16)13(19)20)7-17-10-4-2-1-3-9(10)15-14(17)21/h1-4,11H,5-8H2,(H,15,21)(H,19,20). The Morgan fingerprint density at radius 3 is 2.91 bits per heavy atom. The molecule has 1 fully saturated rings. The quantitative estimate of drug-likeness (QED) is 0.806. The number of rotatable bonds is 3. The predicted octanol–water partition coefficient (Wildman–Crippen LogP) is -0.358. The van der Waals surface area contributed by atoms with E-state index in [1.807, 2.05) is 0 Å². The summed E-state index contributed by atoms with van der Waals surface area (Å²) in [6.07, 6.45) is 0. The van der Waals surface area contributed by atoms with Gasteiger partial charge in [-0.15, -0.1) is 0 Å². The summed E-state index contributed by atoms with van der Waals surface area (Å²) >= 11 is 0. The Bertz CT molecular complexity index is 778. The highest BCUT2D eigenvalue weighted by atomic mass is 16.5. The van der Waals surface area contributed by atoms with Crippen LogP contribution >= 0.6 is 0 Å². The molecule has 0 aliphatic carbocycles. The van der Waals surface area contributed by atoms with Crippen molar-refractivity contribution in [1.82, 2.24) is 14.5 Å². The lowest BCUT2D eigenvalue weighted by molar-refractivity contribution is -0.158. The number of nitrogens with one attached hydrogen (secondary N) is 1. The first-order valence-electron chi connectivity index (χ1n) is 6.85. The normalized spacial score (nSPS) is 18.5. The number of carbonyl (C=O) groups is 2. The smallest absolute Gasteiger partial charge is 0.328 e. The number of carboxylic acid groups (broad SMARTS) is 1. The highest BCUT2D eigenvalue weighted by Crippen LogP contribution is 2.12. The molecule has 1 unspecified atom stereocenters. The van der Waals surface area contributed by atoms with E-state index in [2.05, 4.69) is 4.98 Å². The van der Waals surface area contributed by atoms with E-state index in [0.29, 0.717) is 11.0 Å². The number of hydrogen-bond acceptors (Lipinski definition) is 4. The number of para-hydroxylation sites is 2. The minimum atomic E-state index is -1.11. The van der Waals surface area contributed by atoms with Crippen LogP contribution in [0.25, 0.3) is 11.0 Å². The molecular formula is C14H15N3O5. The number of benzene rings is 1. The van der Waals surface area contributed by atoms with Crippen LogP contribution in [-0.2, 0) is 20.9 Å². The fourth-order valence-corrected chi connectivity index (χ4v) is 2.60. The molecule has 8 heteroatoms. The predicted molar refractivity (Wildman–Crippen MR) is 76.5 cm³/mol. The van der Waals surface area contributed by atoms with Gasteiger partial charge < -0.3 is 19.7 Å². The van der Waals surface area contributed by atoms with Gasteiger partial charge in [0.1, 0.15) is 6.54 Å². The highest BCUT2D eigenvalue weighted by molar-refractivity contribution is 5.85. The van der Waals surface area contributed by atoms with Gasteiger partial charge in [0.2, 0.25) is 5.91 Å². The van der Waals surface area contributed by atoms with E-state index < -0.39 is 23.6 Å². The molecule has 22 heavy (non-hydrogen) atoms. The molecule has 1 amide bonds.